The van der Waals surface area contributed by atoms with Gasteiger partial charge in [0.15, 0.2) is 5.82 Å². The van der Waals surface area contributed by atoms with Crippen LogP contribution in [0, 0.1) is 5.92 Å². The van der Waals surface area contributed by atoms with E-state index in [0.29, 0.717) is 18.2 Å². The molecular weight excluding hydrogens is 260 g/mol. The minimum Gasteiger partial charge on any atom is -0.481 e. The number of carboxylic acid groups (broad SMARTS) is 1. The van der Waals surface area contributed by atoms with Crippen LogP contribution in [-0.2, 0) is 4.79 Å². The van der Waals surface area contributed by atoms with Crippen LogP contribution in [-0.4, -0.2) is 44.4 Å². The second kappa shape index (κ2) is 5.55. The maximum atomic E-state index is 10.9. The van der Waals surface area contributed by atoms with Gasteiger partial charge >= 0.3 is 5.97 Å². The van der Waals surface area contributed by atoms with Crippen molar-refractivity contribution in [3.05, 3.63) is 24.5 Å². The summed E-state index contributed by atoms with van der Waals surface area (Å²) in [6.45, 7) is 1.96. The number of nitrogen functional groups attached to an aromatic ring is 1. The van der Waals surface area contributed by atoms with Gasteiger partial charge in [0, 0.05) is 32.1 Å². The van der Waals surface area contributed by atoms with E-state index < -0.39 is 11.9 Å². The van der Waals surface area contributed by atoms with Crippen LogP contribution in [0.4, 0.5) is 11.8 Å². The van der Waals surface area contributed by atoms with E-state index in [2.05, 4.69) is 15.1 Å². The molecule has 0 aliphatic carbocycles. The highest BCUT2D eigenvalue weighted by Gasteiger charge is 2.16. The first-order chi connectivity index (χ1) is 9.47. The smallest absolute Gasteiger partial charge is 0.308 e. The van der Waals surface area contributed by atoms with Crippen LogP contribution in [0.1, 0.15) is 6.92 Å². The summed E-state index contributed by atoms with van der Waals surface area (Å²) in [5.74, 6) is -0.165. The Labute approximate surface area is 115 Å². The number of hydrogen-bond acceptors (Lipinski definition) is 6. The van der Waals surface area contributed by atoms with Crippen molar-refractivity contribution in [2.45, 2.75) is 6.92 Å². The molecule has 8 heteroatoms. The molecule has 106 valence electrons. The lowest BCUT2D eigenvalue weighted by Crippen LogP contribution is -2.29. The van der Waals surface area contributed by atoms with E-state index in [1.807, 2.05) is 0 Å². The Kier molecular flexibility index (Phi) is 3.83. The molecule has 0 aliphatic heterocycles. The lowest BCUT2D eigenvalue weighted by atomic mass is 10.2. The summed E-state index contributed by atoms with van der Waals surface area (Å²) in [5, 5.41) is 13.0. The van der Waals surface area contributed by atoms with Crippen LogP contribution >= 0.6 is 0 Å². The van der Waals surface area contributed by atoms with Crippen molar-refractivity contribution >= 4 is 17.7 Å². The van der Waals surface area contributed by atoms with Crippen molar-refractivity contribution in [3.63, 3.8) is 0 Å². The van der Waals surface area contributed by atoms with Gasteiger partial charge in [-0.2, -0.15) is 15.1 Å². The van der Waals surface area contributed by atoms with Crippen LogP contribution in [0.15, 0.2) is 24.5 Å². The molecule has 20 heavy (non-hydrogen) atoms. The maximum Gasteiger partial charge on any atom is 0.308 e. The first-order valence-electron chi connectivity index (χ1n) is 6.06. The molecule has 2 aromatic rings. The van der Waals surface area contributed by atoms with Gasteiger partial charge in [-0.1, -0.05) is 6.92 Å². The molecular formula is C12H16N6O2. The number of hydrogen-bond donors (Lipinski definition) is 2. The van der Waals surface area contributed by atoms with E-state index in [1.165, 1.54) is 0 Å². The van der Waals surface area contributed by atoms with Gasteiger partial charge in [0.2, 0.25) is 5.95 Å². The minimum absolute atomic E-state index is 0.114. The monoisotopic (exact) mass is 276 g/mol. The second-order valence-electron chi connectivity index (χ2n) is 4.51. The number of aliphatic carboxylic acids is 1. The molecule has 0 aliphatic rings. The Bertz CT molecular complexity index is 598. The highest BCUT2D eigenvalue weighted by molar-refractivity contribution is 5.70. The zero-order valence-electron chi connectivity index (χ0n) is 11.3. The molecule has 0 aromatic carbocycles. The Hall–Kier alpha value is -2.64. The first-order valence-corrected chi connectivity index (χ1v) is 6.06. The summed E-state index contributed by atoms with van der Waals surface area (Å²) in [7, 11) is 1.76. The second-order valence-corrected chi connectivity index (χ2v) is 4.51. The molecule has 8 nitrogen and oxygen atoms in total. The Balaban J connectivity index is 2.26. The molecule has 3 N–H and O–H groups in total. The predicted molar refractivity (Wildman–Crippen MR) is 73.6 cm³/mol. The molecule has 2 aromatic heterocycles. The van der Waals surface area contributed by atoms with Crippen molar-refractivity contribution in [3.8, 4) is 5.82 Å². The fraction of sp³-hybridized carbons (Fsp3) is 0.333. The number of nitrogens with zero attached hydrogens (tertiary/aromatic N) is 5. The van der Waals surface area contributed by atoms with Crippen LogP contribution in [0.3, 0.4) is 0 Å². The van der Waals surface area contributed by atoms with E-state index in [4.69, 9.17) is 10.8 Å². The summed E-state index contributed by atoms with van der Waals surface area (Å²) < 4.78 is 1.57. The zero-order valence-corrected chi connectivity index (χ0v) is 11.3. The Morgan fingerprint density at radius 3 is 2.90 bits per heavy atom. The van der Waals surface area contributed by atoms with E-state index in [-0.39, 0.29) is 5.95 Å². The van der Waals surface area contributed by atoms with E-state index >= 15 is 0 Å². The van der Waals surface area contributed by atoms with Gasteiger partial charge in [0.05, 0.1) is 5.92 Å². The van der Waals surface area contributed by atoms with Gasteiger partial charge in [0.25, 0.3) is 0 Å². The number of aromatic nitrogens is 4. The summed E-state index contributed by atoms with van der Waals surface area (Å²) >= 11 is 0. The normalized spacial score (nSPS) is 12.1. The van der Waals surface area contributed by atoms with Crippen LogP contribution in [0.2, 0.25) is 0 Å². The van der Waals surface area contributed by atoms with Crippen molar-refractivity contribution < 1.29 is 9.90 Å². The molecule has 0 saturated heterocycles. The van der Waals surface area contributed by atoms with Gasteiger partial charge in [-0.25, -0.2) is 4.68 Å². The summed E-state index contributed by atoms with van der Waals surface area (Å²) in [4.78, 5) is 20.8. The number of carbonyl (C=O) groups is 1. The third-order valence-electron chi connectivity index (χ3n) is 2.82. The average Bonchev–Trinajstić information content (AvgIpc) is 2.91. The van der Waals surface area contributed by atoms with Gasteiger partial charge < -0.3 is 15.7 Å². The first kappa shape index (κ1) is 13.8. The van der Waals surface area contributed by atoms with Crippen molar-refractivity contribution in [2.75, 3.05) is 24.2 Å². The molecule has 0 fully saturated rings. The quantitative estimate of drug-likeness (QED) is 0.813. The number of anilines is 2. The maximum absolute atomic E-state index is 10.9. The fourth-order valence-corrected chi connectivity index (χ4v) is 1.74. The minimum atomic E-state index is -0.855. The summed E-state index contributed by atoms with van der Waals surface area (Å²) in [6, 6.07) is 3.48. The fourth-order valence-electron chi connectivity index (χ4n) is 1.74. The molecule has 0 bridgehead atoms. The molecule has 0 amide bonds. The predicted octanol–water partition coefficient (Wildman–Crippen LogP) is 0.401. The lowest BCUT2D eigenvalue weighted by Gasteiger charge is -2.21. The highest BCUT2D eigenvalue weighted by Crippen LogP contribution is 2.16. The molecule has 0 spiro atoms. The highest BCUT2D eigenvalue weighted by atomic mass is 16.4. The standard InChI is InChI=1S/C12H16N6O2/c1-8(11(19)20)7-17(2)9-6-10(16-12(13)15-9)18-5-3-4-14-18/h3-6,8H,7H2,1-2H3,(H,19,20)(H2,13,15,16). The number of rotatable bonds is 5. The lowest BCUT2D eigenvalue weighted by molar-refractivity contribution is -0.140. The van der Waals surface area contributed by atoms with Crippen molar-refractivity contribution in [1.29, 1.82) is 0 Å². The summed E-state index contributed by atoms with van der Waals surface area (Å²) in [5.41, 5.74) is 5.69. The van der Waals surface area contributed by atoms with E-state index in [0.717, 1.165) is 0 Å². The molecule has 0 saturated carbocycles. The van der Waals surface area contributed by atoms with E-state index in [9.17, 15) is 4.79 Å². The SMILES string of the molecule is CC(CN(C)c1cc(-n2cccn2)nc(N)n1)C(=O)O. The molecule has 1 unspecified atom stereocenters. The third kappa shape index (κ3) is 3.02. The number of nitrogens with two attached hydrogens (primary N) is 1. The van der Waals surface area contributed by atoms with Gasteiger partial charge in [-0.3, -0.25) is 4.79 Å². The molecule has 0 radical (unpaired) electrons. The van der Waals surface area contributed by atoms with E-state index in [1.54, 1.807) is 48.1 Å². The van der Waals surface area contributed by atoms with Crippen LogP contribution in [0.25, 0.3) is 5.82 Å². The van der Waals surface area contributed by atoms with Crippen molar-refractivity contribution in [1.82, 2.24) is 19.7 Å². The zero-order chi connectivity index (χ0) is 14.7. The molecule has 2 rings (SSSR count). The topological polar surface area (TPSA) is 110 Å². The molecule has 1 atom stereocenters. The third-order valence-corrected chi connectivity index (χ3v) is 2.82. The molecule has 2 heterocycles. The summed E-state index contributed by atoms with van der Waals surface area (Å²) in [6.07, 6.45) is 3.37. The van der Waals surface area contributed by atoms with Crippen LogP contribution in [0.5, 0.6) is 0 Å². The number of carboxylic acids is 1. The Morgan fingerprint density at radius 1 is 1.55 bits per heavy atom. The van der Waals surface area contributed by atoms with Crippen LogP contribution < -0.4 is 10.6 Å². The van der Waals surface area contributed by atoms with Gasteiger partial charge in [-0.05, 0) is 6.07 Å². The Morgan fingerprint density at radius 2 is 2.30 bits per heavy atom. The van der Waals surface area contributed by atoms with Gasteiger partial charge in [-0.15, -0.1) is 0 Å². The van der Waals surface area contributed by atoms with Gasteiger partial charge in [0.1, 0.15) is 5.82 Å². The average molecular weight is 276 g/mol. The van der Waals surface area contributed by atoms with Crippen molar-refractivity contribution in [2.24, 2.45) is 5.92 Å². The largest absolute Gasteiger partial charge is 0.481 e.